The molecule has 0 saturated heterocycles. The average Bonchev–Trinajstić information content (AvgIpc) is 2.05. The second-order valence-electron chi connectivity index (χ2n) is 2.03. The Morgan fingerprint density at radius 1 is 1.73 bits per heavy atom. The molecule has 0 aliphatic rings. The summed E-state index contributed by atoms with van der Waals surface area (Å²) in [5.74, 6) is 2.32. The van der Waals surface area contributed by atoms with Crippen LogP contribution in [0.1, 0.15) is 11.3 Å². The van der Waals surface area contributed by atoms with Crippen molar-refractivity contribution in [3.05, 3.63) is 23.5 Å². The van der Waals surface area contributed by atoms with E-state index in [0.29, 0.717) is 16.9 Å². The standard InChI is InChI=1S/C8H8N2O/c1-2-7-8(9)6(5-11)3-4-10-7/h1,3-4,11H,5,9H2. The van der Waals surface area contributed by atoms with E-state index in [2.05, 4.69) is 10.9 Å². The average molecular weight is 148 g/mol. The van der Waals surface area contributed by atoms with Crippen molar-refractivity contribution in [2.24, 2.45) is 0 Å². The fraction of sp³-hybridized carbons (Fsp3) is 0.125. The van der Waals surface area contributed by atoms with Crippen molar-refractivity contribution >= 4 is 5.69 Å². The molecule has 11 heavy (non-hydrogen) atoms. The summed E-state index contributed by atoms with van der Waals surface area (Å²) in [4.78, 5) is 3.83. The highest BCUT2D eigenvalue weighted by Gasteiger charge is 2.01. The first-order valence-electron chi connectivity index (χ1n) is 3.10. The Balaban J connectivity index is 3.23. The summed E-state index contributed by atoms with van der Waals surface area (Å²) in [6, 6.07) is 1.64. The Labute approximate surface area is 64.9 Å². The third-order valence-corrected chi connectivity index (χ3v) is 1.39. The smallest absolute Gasteiger partial charge is 0.136 e. The lowest BCUT2D eigenvalue weighted by molar-refractivity contribution is 0.282. The Morgan fingerprint density at radius 2 is 2.45 bits per heavy atom. The number of pyridine rings is 1. The third kappa shape index (κ3) is 1.31. The Hall–Kier alpha value is -1.53. The van der Waals surface area contributed by atoms with Crippen LogP contribution in [0.15, 0.2) is 12.3 Å². The molecule has 3 nitrogen and oxygen atoms in total. The number of anilines is 1. The van der Waals surface area contributed by atoms with Gasteiger partial charge in [-0.3, -0.25) is 0 Å². The summed E-state index contributed by atoms with van der Waals surface area (Å²) in [6.45, 7) is -0.108. The van der Waals surface area contributed by atoms with E-state index in [4.69, 9.17) is 17.3 Å². The van der Waals surface area contributed by atoms with Gasteiger partial charge in [0.15, 0.2) is 0 Å². The van der Waals surface area contributed by atoms with E-state index in [1.54, 1.807) is 6.07 Å². The molecule has 1 heterocycles. The first kappa shape index (κ1) is 7.58. The molecule has 0 bridgehead atoms. The van der Waals surface area contributed by atoms with Crippen molar-refractivity contribution in [2.45, 2.75) is 6.61 Å². The van der Waals surface area contributed by atoms with Crippen molar-refractivity contribution in [3.8, 4) is 12.3 Å². The Bertz CT molecular complexity index is 301. The highest BCUT2D eigenvalue weighted by atomic mass is 16.3. The molecule has 0 atom stereocenters. The molecule has 0 aliphatic heterocycles. The van der Waals surface area contributed by atoms with Gasteiger partial charge in [-0.25, -0.2) is 4.98 Å². The first-order valence-corrected chi connectivity index (χ1v) is 3.10. The van der Waals surface area contributed by atoms with Crippen LogP contribution in [0, 0.1) is 12.3 Å². The summed E-state index contributed by atoms with van der Waals surface area (Å²) in [6.07, 6.45) is 6.63. The number of terminal acetylenes is 1. The lowest BCUT2D eigenvalue weighted by atomic mass is 10.2. The molecule has 3 N–H and O–H groups in total. The highest BCUT2D eigenvalue weighted by Crippen LogP contribution is 2.13. The van der Waals surface area contributed by atoms with Gasteiger partial charge in [0.05, 0.1) is 12.3 Å². The Kier molecular flexibility index (Phi) is 2.09. The Morgan fingerprint density at radius 3 is 3.00 bits per heavy atom. The first-order chi connectivity index (χ1) is 5.29. The van der Waals surface area contributed by atoms with Crippen molar-refractivity contribution in [1.82, 2.24) is 4.98 Å². The molecule has 0 aromatic carbocycles. The topological polar surface area (TPSA) is 59.1 Å². The molecular weight excluding hydrogens is 140 g/mol. The minimum atomic E-state index is -0.108. The van der Waals surface area contributed by atoms with Gasteiger partial charge in [-0.05, 0) is 12.0 Å². The maximum Gasteiger partial charge on any atom is 0.136 e. The molecule has 0 saturated carbocycles. The minimum absolute atomic E-state index is 0.108. The number of nitrogens with two attached hydrogens (primary N) is 1. The van der Waals surface area contributed by atoms with Gasteiger partial charge >= 0.3 is 0 Å². The van der Waals surface area contributed by atoms with Crippen LogP contribution in [0.4, 0.5) is 5.69 Å². The monoisotopic (exact) mass is 148 g/mol. The van der Waals surface area contributed by atoms with Gasteiger partial charge in [0.1, 0.15) is 5.69 Å². The zero-order valence-electron chi connectivity index (χ0n) is 5.91. The summed E-state index contributed by atoms with van der Waals surface area (Å²) < 4.78 is 0. The molecule has 56 valence electrons. The van der Waals surface area contributed by atoms with E-state index in [-0.39, 0.29) is 6.61 Å². The van der Waals surface area contributed by atoms with Gasteiger partial charge in [-0.2, -0.15) is 0 Å². The zero-order chi connectivity index (χ0) is 8.27. The molecule has 0 aliphatic carbocycles. The summed E-state index contributed by atoms with van der Waals surface area (Å²) in [5, 5.41) is 8.76. The van der Waals surface area contributed by atoms with Crippen molar-refractivity contribution in [1.29, 1.82) is 0 Å². The van der Waals surface area contributed by atoms with Crippen LogP contribution in [0.3, 0.4) is 0 Å². The van der Waals surface area contributed by atoms with Gasteiger partial charge in [0.2, 0.25) is 0 Å². The maximum absolute atomic E-state index is 8.76. The van der Waals surface area contributed by atoms with Crippen molar-refractivity contribution in [2.75, 3.05) is 5.73 Å². The van der Waals surface area contributed by atoms with E-state index in [0.717, 1.165) is 0 Å². The van der Waals surface area contributed by atoms with Gasteiger partial charge in [-0.15, -0.1) is 6.42 Å². The van der Waals surface area contributed by atoms with E-state index < -0.39 is 0 Å². The fourth-order valence-electron chi connectivity index (χ4n) is 0.766. The van der Waals surface area contributed by atoms with Crippen LogP contribution in [0.2, 0.25) is 0 Å². The van der Waals surface area contributed by atoms with E-state index >= 15 is 0 Å². The molecule has 0 radical (unpaired) electrons. The fourth-order valence-corrected chi connectivity index (χ4v) is 0.766. The molecule has 1 aromatic heterocycles. The number of hydrogen-bond donors (Lipinski definition) is 2. The zero-order valence-corrected chi connectivity index (χ0v) is 5.91. The molecule has 1 rings (SSSR count). The van der Waals surface area contributed by atoms with Crippen molar-refractivity contribution in [3.63, 3.8) is 0 Å². The van der Waals surface area contributed by atoms with Gasteiger partial charge in [0.25, 0.3) is 0 Å². The highest BCUT2D eigenvalue weighted by molar-refractivity contribution is 5.56. The number of aliphatic hydroxyl groups excluding tert-OH is 1. The molecule has 0 amide bonds. The number of aliphatic hydroxyl groups is 1. The largest absolute Gasteiger partial charge is 0.396 e. The summed E-state index contributed by atoms with van der Waals surface area (Å²) in [5.41, 5.74) is 6.93. The number of hydrogen-bond acceptors (Lipinski definition) is 3. The van der Waals surface area contributed by atoms with Gasteiger partial charge in [-0.1, -0.05) is 0 Å². The number of aromatic nitrogens is 1. The third-order valence-electron chi connectivity index (χ3n) is 1.39. The SMILES string of the molecule is C#Cc1nccc(CO)c1N. The number of nitrogens with zero attached hydrogens (tertiary/aromatic N) is 1. The van der Waals surface area contributed by atoms with E-state index in [1.165, 1.54) is 6.20 Å². The van der Waals surface area contributed by atoms with Crippen LogP contribution in [0.5, 0.6) is 0 Å². The quantitative estimate of drug-likeness (QED) is 0.557. The van der Waals surface area contributed by atoms with Crippen LogP contribution < -0.4 is 5.73 Å². The lowest BCUT2D eigenvalue weighted by Gasteiger charge is -2.01. The normalized spacial score (nSPS) is 9.09. The number of rotatable bonds is 1. The second-order valence-corrected chi connectivity index (χ2v) is 2.03. The maximum atomic E-state index is 8.76. The van der Waals surface area contributed by atoms with E-state index in [9.17, 15) is 0 Å². The van der Waals surface area contributed by atoms with Crippen molar-refractivity contribution < 1.29 is 5.11 Å². The summed E-state index contributed by atoms with van der Waals surface area (Å²) >= 11 is 0. The molecule has 0 spiro atoms. The number of nitrogen functional groups attached to an aromatic ring is 1. The molecule has 0 unspecified atom stereocenters. The predicted molar refractivity (Wildman–Crippen MR) is 42.5 cm³/mol. The molecular formula is C8H8N2O. The van der Waals surface area contributed by atoms with Crippen LogP contribution in [0.25, 0.3) is 0 Å². The molecule has 1 aromatic rings. The van der Waals surface area contributed by atoms with Crippen LogP contribution in [-0.2, 0) is 6.61 Å². The summed E-state index contributed by atoms with van der Waals surface area (Å²) in [7, 11) is 0. The van der Waals surface area contributed by atoms with Crippen LogP contribution in [-0.4, -0.2) is 10.1 Å². The molecule has 0 fully saturated rings. The van der Waals surface area contributed by atoms with Gasteiger partial charge in [0, 0.05) is 11.8 Å². The lowest BCUT2D eigenvalue weighted by Crippen LogP contribution is -1.99. The van der Waals surface area contributed by atoms with Gasteiger partial charge < -0.3 is 10.8 Å². The molecule has 3 heteroatoms. The van der Waals surface area contributed by atoms with Crippen LogP contribution >= 0.6 is 0 Å². The minimum Gasteiger partial charge on any atom is -0.396 e. The van der Waals surface area contributed by atoms with E-state index in [1.807, 2.05) is 0 Å². The predicted octanol–water partition coefficient (Wildman–Crippen LogP) is 0.137. The second kappa shape index (κ2) is 3.04.